The van der Waals surface area contributed by atoms with Crippen LogP contribution in [0.1, 0.15) is 37.3 Å². The first-order chi connectivity index (χ1) is 7.99. The summed E-state index contributed by atoms with van der Waals surface area (Å²) in [5.41, 5.74) is 3.11. The number of halogens is 1. The number of hydrogen-bond acceptors (Lipinski definition) is 1. The van der Waals surface area contributed by atoms with Crippen LogP contribution in [0, 0.1) is 11.8 Å². The number of benzene rings is 1. The highest BCUT2D eigenvalue weighted by Gasteiger charge is 2.23. The molecule has 0 saturated heterocycles. The minimum atomic E-state index is 0.0102. The van der Waals surface area contributed by atoms with Crippen LogP contribution in [0.4, 0.5) is 5.69 Å². The Bertz CT molecular complexity index is 442. The van der Waals surface area contributed by atoms with Crippen molar-refractivity contribution in [2.75, 3.05) is 5.32 Å². The zero-order chi connectivity index (χ0) is 12.6. The number of carbonyl (C=O) groups is 1. The van der Waals surface area contributed by atoms with Crippen LogP contribution in [0.2, 0.25) is 0 Å². The van der Waals surface area contributed by atoms with E-state index in [0.29, 0.717) is 18.3 Å². The number of alkyl halides is 1. The van der Waals surface area contributed by atoms with Gasteiger partial charge in [-0.25, -0.2) is 0 Å². The van der Waals surface area contributed by atoms with Crippen LogP contribution in [0.3, 0.4) is 0 Å². The SMILES string of the molecule is CC(C)C(C)C(Cl)c1ccc2c(c1)CC(=O)N2. The van der Waals surface area contributed by atoms with Crippen LogP contribution in [0.15, 0.2) is 18.2 Å². The fraction of sp³-hybridized carbons (Fsp3) is 0.500. The molecule has 0 aliphatic carbocycles. The molecule has 1 amide bonds. The van der Waals surface area contributed by atoms with Gasteiger partial charge >= 0.3 is 0 Å². The zero-order valence-electron chi connectivity index (χ0n) is 10.5. The monoisotopic (exact) mass is 251 g/mol. The van der Waals surface area contributed by atoms with Gasteiger partial charge in [-0.2, -0.15) is 0 Å². The molecule has 0 radical (unpaired) electrons. The number of amides is 1. The van der Waals surface area contributed by atoms with Crippen molar-refractivity contribution in [3.63, 3.8) is 0 Å². The van der Waals surface area contributed by atoms with Gasteiger partial charge in [0, 0.05) is 5.69 Å². The van der Waals surface area contributed by atoms with E-state index in [0.717, 1.165) is 16.8 Å². The molecule has 0 bridgehead atoms. The third-order valence-corrected chi connectivity index (χ3v) is 4.24. The average molecular weight is 252 g/mol. The van der Waals surface area contributed by atoms with Crippen LogP contribution < -0.4 is 5.32 Å². The summed E-state index contributed by atoms with van der Waals surface area (Å²) in [4.78, 5) is 11.3. The smallest absolute Gasteiger partial charge is 0.228 e. The van der Waals surface area contributed by atoms with E-state index >= 15 is 0 Å². The maximum Gasteiger partial charge on any atom is 0.228 e. The zero-order valence-corrected chi connectivity index (χ0v) is 11.2. The van der Waals surface area contributed by atoms with E-state index in [1.165, 1.54) is 0 Å². The largest absolute Gasteiger partial charge is 0.326 e. The van der Waals surface area contributed by atoms with E-state index in [1.807, 2.05) is 12.1 Å². The van der Waals surface area contributed by atoms with E-state index in [1.54, 1.807) is 0 Å². The molecule has 1 aliphatic heterocycles. The lowest BCUT2D eigenvalue weighted by Crippen LogP contribution is -2.10. The second kappa shape index (κ2) is 4.69. The molecule has 0 spiro atoms. The first-order valence-corrected chi connectivity index (χ1v) is 6.49. The van der Waals surface area contributed by atoms with E-state index < -0.39 is 0 Å². The molecule has 1 aromatic rings. The van der Waals surface area contributed by atoms with E-state index in [2.05, 4.69) is 32.2 Å². The lowest BCUT2D eigenvalue weighted by molar-refractivity contribution is -0.115. The van der Waals surface area contributed by atoms with Gasteiger partial charge in [-0.1, -0.05) is 32.9 Å². The molecule has 2 rings (SSSR count). The van der Waals surface area contributed by atoms with Gasteiger partial charge < -0.3 is 5.32 Å². The van der Waals surface area contributed by atoms with Crippen molar-refractivity contribution in [3.05, 3.63) is 29.3 Å². The van der Waals surface area contributed by atoms with Gasteiger partial charge in [0.05, 0.1) is 11.8 Å². The lowest BCUT2D eigenvalue weighted by Gasteiger charge is -2.22. The van der Waals surface area contributed by atoms with Gasteiger partial charge in [-0.05, 0) is 29.0 Å². The second-order valence-corrected chi connectivity index (χ2v) is 5.62. The Morgan fingerprint density at radius 1 is 1.29 bits per heavy atom. The number of anilines is 1. The Hall–Kier alpha value is -1.02. The highest BCUT2D eigenvalue weighted by Crippen LogP contribution is 2.36. The van der Waals surface area contributed by atoms with Gasteiger partial charge in [0.1, 0.15) is 0 Å². The van der Waals surface area contributed by atoms with Crippen molar-refractivity contribution in [1.82, 2.24) is 0 Å². The van der Waals surface area contributed by atoms with Gasteiger partial charge in [0.2, 0.25) is 5.91 Å². The number of rotatable bonds is 3. The van der Waals surface area contributed by atoms with Gasteiger partial charge in [-0.3, -0.25) is 4.79 Å². The highest BCUT2D eigenvalue weighted by atomic mass is 35.5. The Kier molecular flexibility index (Phi) is 3.43. The van der Waals surface area contributed by atoms with Crippen LogP contribution in [-0.2, 0) is 11.2 Å². The molecule has 1 N–H and O–H groups in total. The van der Waals surface area contributed by atoms with Crippen molar-refractivity contribution in [2.24, 2.45) is 11.8 Å². The normalized spacial score (nSPS) is 17.8. The molecule has 3 heteroatoms. The summed E-state index contributed by atoms with van der Waals surface area (Å²) in [5, 5.41) is 2.84. The van der Waals surface area contributed by atoms with Crippen LogP contribution >= 0.6 is 11.6 Å². The summed E-state index contributed by atoms with van der Waals surface area (Å²) in [6.07, 6.45) is 0.475. The minimum absolute atomic E-state index is 0.0102. The molecule has 17 heavy (non-hydrogen) atoms. The van der Waals surface area contributed by atoms with Gasteiger partial charge in [-0.15, -0.1) is 11.6 Å². The lowest BCUT2D eigenvalue weighted by atomic mass is 9.90. The molecule has 0 aromatic heterocycles. The summed E-state index contributed by atoms with van der Waals surface area (Å²) in [5.74, 6) is 1.03. The molecule has 1 aromatic carbocycles. The topological polar surface area (TPSA) is 29.1 Å². The van der Waals surface area contributed by atoms with Crippen molar-refractivity contribution in [3.8, 4) is 0 Å². The van der Waals surface area contributed by atoms with Crippen molar-refractivity contribution >= 4 is 23.2 Å². The van der Waals surface area contributed by atoms with E-state index in [-0.39, 0.29) is 11.3 Å². The summed E-state index contributed by atoms with van der Waals surface area (Å²) < 4.78 is 0. The van der Waals surface area contributed by atoms with Crippen molar-refractivity contribution < 1.29 is 4.79 Å². The van der Waals surface area contributed by atoms with Crippen molar-refractivity contribution in [2.45, 2.75) is 32.6 Å². The summed E-state index contributed by atoms with van der Waals surface area (Å²) >= 11 is 6.48. The van der Waals surface area contributed by atoms with E-state index in [4.69, 9.17) is 11.6 Å². The quantitative estimate of drug-likeness (QED) is 0.815. The molecule has 0 saturated carbocycles. The molecule has 2 unspecified atom stereocenters. The van der Waals surface area contributed by atoms with Crippen LogP contribution in [-0.4, -0.2) is 5.91 Å². The highest BCUT2D eigenvalue weighted by molar-refractivity contribution is 6.21. The number of nitrogens with one attached hydrogen (secondary N) is 1. The summed E-state index contributed by atoms with van der Waals surface area (Å²) in [6, 6.07) is 6.03. The molecule has 2 nitrogen and oxygen atoms in total. The number of fused-ring (bicyclic) bond motifs is 1. The second-order valence-electron chi connectivity index (χ2n) is 5.15. The Balaban J connectivity index is 2.24. The molecule has 92 valence electrons. The molecular weight excluding hydrogens is 234 g/mol. The molecule has 1 heterocycles. The number of carbonyl (C=O) groups excluding carboxylic acids is 1. The van der Waals surface area contributed by atoms with Gasteiger partial charge in [0.25, 0.3) is 0 Å². The molecule has 1 aliphatic rings. The Labute approximate surface area is 107 Å². The third kappa shape index (κ3) is 2.47. The van der Waals surface area contributed by atoms with Crippen LogP contribution in [0.25, 0.3) is 0 Å². The summed E-state index contributed by atoms with van der Waals surface area (Å²) in [6.45, 7) is 6.52. The number of hydrogen-bond donors (Lipinski definition) is 1. The third-order valence-electron chi connectivity index (χ3n) is 3.59. The van der Waals surface area contributed by atoms with Crippen LogP contribution in [0.5, 0.6) is 0 Å². The van der Waals surface area contributed by atoms with E-state index in [9.17, 15) is 4.79 Å². The maximum absolute atomic E-state index is 11.3. The maximum atomic E-state index is 11.3. The first kappa shape index (κ1) is 12.4. The molecule has 2 atom stereocenters. The van der Waals surface area contributed by atoms with Gasteiger partial charge in [0.15, 0.2) is 0 Å². The minimum Gasteiger partial charge on any atom is -0.326 e. The fourth-order valence-electron chi connectivity index (χ4n) is 2.06. The summed E-state index contributed by atoms with van der Waals surface area (Å²) in [7, 11) is 0. The molecular formula is C14H18ClNO. The average Bonchev–Trinajstić information content (AvgIpc) is 2.65. The molecule has 0 fully saturated rings. The standard InChI is InChI=1S/C14H18ClNO/c1-8(2)9(3)14(15)10-4-5-12-11(6-10)7-13(17)16-12/h4-6,8-9,14H,7H2,1-3H3,(H,16,17). The Morgan fingerprint density at radius 3 is 2.65 bits per heavy atom. The fourth-order valence-corrected chi connectivity index (χ4v) is 2.49. The van der Waals surface area contributed by atoms with Crippen molar-refractivity contribution in [1.29, 1.82) is 0 Å². The Morgan fingerprint density at radius 2 is 2.00 bits per heavy atom. The first-order valence-electron chi connectivity index (χ1n) is 6.05. The predicted octanol–water partition coefficient (Wildman–Crippen LogP) is 3.75. The predicted molar refractivity (Wildman–Crippen MR) is 71.4 cm³/mol.